The summed E-state index contributed by atoms with van der Waals surface area (Å²) in [5.74, 6) is -2.41. The number of aliphatic carboxylic acids is 1. The van der Waals surface area contributed by atoms with Crippen molar-refractivity contribution in [1.29, 1.82) is 0 Å². The zero-order valence-electron chi connectivity index (χ0n) is 11.1. The molecule has 0 fully saturated rings. The summed E-state index contributed by atoms with van der Waals surface area (Å²) in [6.45, 7) is 0. The van der Waals surface area contributed by atoms with Gasteiger partial charge in [-0.25, -0.2) is 4.79 Å². The van der Waals surface area contributed by atoms with Crippen LogP contribution in [0.4, 0.5) is 13.2 Å². The molecule has 0 amide bonds. The number of fused-ring (bicyclic) bond motifs is 3. The van der Waals surface area contributed by atoms with Crippen LogP contribution in [0.1, 0.15) is 0 Å². The molecule has 0 saturated carbocycles. The molecule has 2 N–H and O–H groups in total. The molecule has 0 unspecified atom stereocenters. The minimum absolute atomic E-state index is 0.351. The third-order valence-corrected chi connectivity index (χ3v) is 2.99. The van der Waals surface area contributed by atoms with Gasteiger partial charge in [-0.2, -0.15) is 13.2 Å². The van der Waals surface area contributed by atoms with Crippen LogP contribution in [-0.2, 0) is 4.79 Å². The number of carbonyl (C=O) groups is 1. The van der Waals surface area contributed by atoms with Crippen LogP contribution in [0.15, 0.2) is 54.6 Å². The first-order chi connectivity index (χ1) is 10.3. The maximum Gasteiger partial charge on any atom is 0.490 e. The van der Waals surface area contributed by atoms with Crippen LogP contribution in [0.25, 0.3) is 21.5 Å². The summed E-state index contributed by atoms with van der Waals surface area (Å²) < 4.78 is 31.7. The summed E-state index contributed by atoms with van der Waals surface area (Å²) >= 11 is 0. The van der Waals surface area contributed by atoms with E-state index >= 15 is 0 Å². The molecule has 114 valence electrons. The van der Waals surface area contributed by atoms with E-state index in [9.17, 15) is 18.3 Å². The van der Waals surface area contributed by atoms with E-state index in [0.29, 0.717) is 5.75 Å². The first-order valence-corrected chi connectivity index (χ1v) is 6.20. The van der Waals surface area contributed by atoms with Gasteiger partial charge in [-0.1, -0.05) is 48.5 Å². The summed E-state index contributed by atoms with van der Waals surface area (Å²) in [6, 6.07) is 17.8. The Balaban J connectivity index is 0.000000217. The molecule has 0 aliphatic carbocycles. The Bertz CT molecular complexity index is 826. The van der Waals surface area contributed by atoms with Crippen LogP contribution in [0.2, 0.25) is 0 Å². The lowest BCUT2D eigenvalue weighted by Gasteiger charge is -2.05. The largest absolute Gasteiger partial charge is 0.507 e. The van der Waals surface area contributed by atoms with Crippen molar-refractivity contribution in [2.24, 2.45) is 0 Å². The molecule has 0 saturated heterocycles. The lowest BCUT2D eigenvalue weighted by molar-refractivity contribution is -0.192. The van der Waals surface area contributed by atoms with Crippen LogP contribution in [0, 0.1) is 0 Å². The van der Waals surface area contributed by atoms with E-state index in [-0.39, 0.29) is 0 Å². The maximum absolute atomic E-state index is 10.6. The van der Waals surface area contributed by atoms with Crippen molar-refractivity contribution in [3.8, 4) is 5.75 Å². The number of phenols is 1. The Hall–Kier alpha value is -2.76. The number of alkyl halides is 3. The van der Waals surface area contributed by atoms with Crippen LogP contribution < -0.4 is 0 Å². The Kier molecular flexibility index (Phi) is 4.21. The molecular formula is C16H11F3O3. The van der Waals surface area contributed by atoms with Gasteiger partial charge in [-0.3, -0.25) is 0 Å². The van der Waals surface area contributed by atoms with Gasteiger partial charge in [0.1, 0.15) is 5.75 Å². The Morgan fingerprint density at radius 3 is 2.05 bits per heavy atom. The second-order valence-electron chi connectivity index (χ2n) is 4.46. The average molecular weight is 308 g/mol. The molecule has 0 bridgehead atoms. The summed E-state index contributed by atoms with van der Waals surface area (Å²) in [5, 5.41) is 21.3. The van der Waals surface area contributed by atoms with Gasteiger partial charge in [-0.05, 0) is 22.2 Å². The monoisotopic (exact) mass is 308 g/mol. The fourth-order valence-electron chi connectivity index (χ4n) is 2.04. The predicted molar refractivity (Wildman–Crippen MR) is 76.8 cm³/mol. The molecule has 0 aromatic heterocycles. The van der Waals surface area contributed by atoms with E-state index in [1.54, 1.807) is 6.07 Å². The second kappa shape index (κ2) is 5.93. The fourth-order valence-corrected chi connectivity index (χ4v) is 2.04. The number of benzene rings is 3. The molecule has 3 rings (SSSR count). The van der Waals surface area contributed by atoms with Crippen LogP contribution in [-0.4, -0.2) is 22.4 Å². The van der Waals surface area contributed by atoms with Gasteiger partial charge in [0.25, 0.3) is 0 Å². The standard InChI is InChI=1S/C14H10O.C2HF3O2/c15-13-7-3-5-11-9-8-10-4-1-2-6-12(10)14(11)13;3-2(4,5)1(6)7/h1-9,15H;(H,6,7). The number of aromatic hydroxyl groups is 1. The van der Waals surface area contributed by atoms with E-state index in [2.05, 4.69) is 12.1 Å². The lowest BCUT2D eigenvalue weighted by atomic mass is 10.0. The number of halogens is 3. The number of carboxylic acid groups (broad SMARTS) is 1. The van der Waals surface area contributed by atoms with E-state index < -0.39 is 12.1 Å². The average Bonchev–Trinajstić information content (AvgIpc) is 2.47. The first-order valence-electron chi connectivity index (χ1n) is 6.20. The zero-order chi connectivity index (χ0) is 16.3. The van der Waals surface area contributed by atoms with Crippen molar-refractivity contribution >= 4 is 27.5 Å². The number of rotatable bonds is 0. The molecule has 3 nitrogen and oxygen atoms in total. The smallest absolute Gasteiger partial charge is 0.490 e. The van der Waals surface area contributed by atoms with Gasteiger partial charge < -0.3 is 10.2 Å². The quantitative estimate of drug-likeness (QED) is 0.608. The van der Waals surface area contributed by atoms with Crippen LogP contribution in [0.3, 0.4) is 0 Å². The van der Waals surface area contributed by atoms with E-state index in [1.165, 1.54) is 0 Å². The molecule has 0 aliphatic rings. The number of phenolic OH excluding ortho intramolecular Hbond substituents is 1. The van der Waals surface area contributed by atoms with Gasteiger partial charge in [0.2, 0.25) is 0 Å². The number of hydrogen-bond donors (Lipinski definition) is 2. The molecule has 0 atom stereocenters. The predicted octanol–water partition coefficient (Wildman–Crippen LogP) is 4.33. The van der Waals surface area contributed by atoms with Gasteiger partial charge >= 0.3 is 12.1 Å². The van der Waals surface area contributed by atoms with Crippen molar-refractivity contribution in [1.82, 2.24) is 0 Å². The summed E-state index contributed by atoms with van der Waals surface area (Å²) in [7, 11) is 0. The minimum Gasteiger partial charge on any atom is -0.507 e. The molecule has 0 heterocycles. The van der Waals surface area contributed by atoms with Crippen LogP contribution >= 0.6 is 0 Å². The maximum atomic E-state index is 10.6. The second-order valence-corrected chi connectivity index (χ2v) is 4.46. The van der Waals surface area contributed by atoms with Gasteiger partial charge in [0, 0.05) is 5.39 Å². The van der Waals surface area contributed by atoms with Crippen molar-refractivity contribution < 1.29 is 28.2 Å². The van der Waals surface area contributed by atoms with Crippen LogP contribution in [0.5, 0.6) is 5.75 Å². The van der Waals surface area contributed by atoms with E-state index in [4.69, 9.17) is 9.90 Å². The molecule has 3 aromatic carbocycles. The Morgan fingerprint density at radius 1 is 0.864 bits per heavy atom. The highest BCUT2D eigenvalue weighted by Crippen LogP contribution is 2.31. The van der Waals surface area contributed by atoms with Crippen molar-refractivity contribution in [2.75, 3.05) is 0 Å². The number of carboxylic acids is 1. The SMILES string of the molecule is O=C(O)C(F)(F)F.Oc1cccc2ccc3ccccc3c12. The summed E-state index contributed by atoms with van der Waals surface area (Å²) in [5.41, 5.74) is 0. The number of hydrogen-bond acceptors (Lipinski definition) is 2. The Labute approximate surface area is 123 Å². The highest BCUT2D eigenvalue weighted by atomic mass is 19.4. The van der Waals surface area contributed by atoms with Gasteiger partial charge in [-0.15, -0.1) is 0 Å². The minimum atomic E-state index is -5.08. The van der Waals surface area contributed by atoms with Crippen molar-refractivity contribution in [2.45, 2.75) is 6.18 Å². The molecule has 3 aromatic rings. The summed E-state index contributed by atoms with van der Waals surface area (Å²) in [6.07, 6.45) is -5.08. The molecular weight excluding hydrogens is 297 g/mol. The third-order valence-electron chi connectivity index (χ3n) is 2.99. The van der Waals surface area contributed by atoms with Gasteiger partial charge in [0.15, 0.2) is 0 Å². The first kappa shape index (κ1) is 15.6. The van der Waals surface area contributed by atoms with E-state index in [1.807, 2.05) is 36.4 Å². The third kappa shape index (κ3) is 3.28. The topological polar surface area (TPSA) is 57.5 Å². The normalized spacial score (nSPS) is 11.0. The molecule has 0 spiro atoms. The van der Waals surface area contributed by atoms with Crippen molar-refractivity contribution in [3.63, 3.8) is 0 Å². The highest BCUT2D eigenvalue weighted by molar-refractivity contribution is 6.10. The van der Waals surface area contributed by atoms with Gasteiger partial charge in [0.05, 0.1) is 0 Å². The van der Waals surface area contributed by atoms with Crippen molar-refractivity contribution in [3.05, 3.63) is 54.6 Å². The fraction of sp³-hybridized carbons (Fsp3) is 0.0625. The molecule has 22 heavy (non-hydrogen) atoms. The summed E-state index contributed by atoms with van der Waals surface area (Å²) in [4.78, 5) is 8.90. The molecule has 0 aliphatic heterocycles. The Morgan fingerprint density at radius 2 is 1.41 bits per heavy atom. The zero-order valence-corrected chi connectivity index (χ0v) is 11.1. The van der Waals surface area contributed by atoms with E-state index in [0.717, 1.165) is 21.5 Å². The highest BCUT2D eigenvalue weighted by Gasteiger charge is 2.38. The molecule has 0 radical (unpaired) electrons. The lowest BCUT2D eigenvalue weighted by Crippen LogP contribution is -2.21. The molecule has 6 heteroatoms.